The van der Waals surface area contributed by atoms with Crippen LogP contribution in [0.3, 0.4) is 0 Å². The highest BCUT2D eigenvalue weighted by Crippen LogP contribution is 2.30. The van der Waals surface area contributed by atoms with E-state index in [1.807, 2.05) is 31.2 Å². The molecule has 2 aromatic rings. The highest BCUT2D eigenvalue weighted by atomic mass is 19.1. The van der Waals surface area contributed by atoms with Crippen LogP contribution in [0, 0.1) is 12.7 Å². The van der Waals surface area contributed by atoms with E-state index in [2.05, 4.69) is 10.2 Å². The summed E-state index contributed by atoms with van der Waals surface area (Å²) < 4.78 is 19.0. The summed E-state index contributed by atoms with van der Waals surface area (Å²) in [5.41, 5.74) is 2.63. The summed E-state index contributed by atoms with van der Waals surface area (Å²) in [6, 6.07) is 13.3. The number of nitrogens with zero attached hydrogens (tertiary/aromatic N) is 2. The van der Waals surface area contributed by atoms with Gasteiger partial charge in [-0.25, -0.2) is 4.39 Å². The maximum atomic E-state index is 13.6. The van der Waals surface area contributed by atoms with Crippen LogP contribution in [-0.4, -0.2) is 61.0 Å². The van der Waals surface area contributed by atoms with Crippen LogP contribution < -0.4 is 5.32 Å². The summed E-state index contributed by atoms with van der Waals surface area (Å²) >= 11 is 0. The monoisotopic (exact) mass is 409 g/mol. The van der Waals surface area contributed by atoms with E-state index in [0.717, 1.165) is 18.7 Å². The molecule has 6 nitrogen and oxygen atoms in total. The lowest BCUT2D eigenvalue weighted by atomic mass is 10.0. The molecule has 156 valence electrons. The van der Waals surface area contributed by atoms with Crippen LogP contribution in [0.25, 0.3) is 5.57 Å². The second-order valence-corrected chi connectivity index (χ2v) is 7.47. The fourth-order valence-electron chi connectivity index (χ4n) is 3.66. The maximum Gasteiger partial charge on any atom is 0.278 e. The van der Waals surface area contributed by atoms with Crippen LogP contribution in [0.2, 0.25) is 0 Å². The zero-order chi connectivity index (χ0) is 21.1. The van der Waals surface area contributed by atoms with Crippen LogP contribution in [0.15, 0.2) is 54.2 Å². The average molecular weight is 409 g/mol. The predicted molar refractivity (Wildman–Crippen MR) is 112 cm³/mol. The smallest absolute Gasteiger partial charge is 0.278 e. The van der Waals surface area contributed by atoms with Crippen molar-refractivity contribution in [2.24, 2.45) is 0 Å². The van der Waals surface area contributed by atoms with Gasteiger partial charge in [0, 0.05) is 31.9 Å². The first-order valence-electron chi connectivity index (χ1n) is 10.0. The van der Waals surface area contributed by atoms with Crippen molar-refractivity contribution in [3.05, 3.63) is 71.2 Å². The Morgan fingerprint density at radius 3 is 2.43 bits per heavy atom. The van der Waals surface area contributed by atoms with Gasteiger partial charge in [0.2, 0.25) is 0 Å². The Kier molecular flexibility index (Phi) is 5.92. The Labute approximate surface area is 174 Å². The number of carbonyl (C=O) groups is 2. The molecule has 2 heterocycles. The van der Waals surface area contributed by atoms with Crippen molar-refractivity contribution in [2.45, 2.75) is 6.92 Å². The average Bonchev–Trinajstić information content (AvgIpc) is 2.97. The molecule has 0 atom stereocenters. The largest absolute Gasteiger partial charge is 0.379 e. The molecule has 0 radical (unpaired) electrons. The molecule has 1 saturated heterocycles. The number of anilines is 1. The highest BCUT2D eigenvalue weighted by Gasteiger charge is 2.39. The highest BCUT2D eigenvalue weighted by molar-refractivity contribution is 6.36. The van der Waals surface area contributed by atoms with Gasteiger partial charge in [-0.1, -0.05) is 35.9 Å². The molecule has 0 unspecified atom stereocenters. The quantitative estimate of drug-likeness (QED) is 0.744. The number of amides is 2. The first kappa shape index (κ1) is 20.3. The minimum absolute atomic E-state index is 0.177. The third-order valence-corrected chi connectivity index (χ3v) is 5.35. The lowest BCUT2D eigenvalue weighted by molar-refractivity contribution is -0.137. The van der Waals surface area contributed by atoms with Crippen molar-refractivity contribution in [2.75, 3.05) is 44.7 Å². The van der Waals surface area contributed by atoms with Gasteiger partial charge in [-0.15, -0.1) is 0 Å². The Hall–Kier alpha value is -3.03. The lowest BCUT2D eigenvalue weighted by Crippen LogP contribution is -2.43. The van der Waals surface area contributed by atoms with E-state index >= 15 is 0 Å². The van der Waals surface area contributed by atoms with E-state index in [-0.39, 0.29) is 11.6 Å². The number of nitrogens with one attached hydrogen (secondary N) is 1. The molecule has 2 aliphatic rings. The molecule has 0 saturated carbocycles. The SMILES string of the molecule is Cc1ccc(C2=C(Nc3cccc(F)c3)C(=O)N(CCN3CCOCC3)C2=O)cc1. The normalized spacial score (nSPS) is 17.7. The molecule has 1 fully saturated rings. The van der Waals surface area contributed by atoms with E-state index < -0.39 is 11.7 Å². The fraction of sp³-hybridized carbons (Fsp3) is 0.304. The number of rotatable bonds is 6. The van der Waals surface area contributed by atoms with Crippen molar-refractivity contribution >= 4 is 23.1 Å². The zero-order valence-corrected chi connectivity index (χ0v) is 16.9. The van der Waals surface area contributed by atoms with Crippen molar-refractivity contribution in [3.63, 3.8) is 0 Å². The summed E-state index contributed by atoms with van der Waals surface area (Å²) in [6.45, 7) is 5.71. The standard InChI is InChI=1S/C23H24FN3O3/c1-16-5-7-17(8-6-16)20-21(25-19-4-2-3-18(24)15-19)23(29)27(22(20)28)10-9-26-11-13-30-14-12-26/h2-8,15,25H,9-14H2,1H3. The molecule has 1 N–H and O–H groups in total. The Morgan fingerprint density at radius 1 is 1.00 bits per heavy atom. The summed E-state index contributed by atoms with van der Waals surface area (Å²) in [7, 11) is 0. The molecule has 0 bridgehead atoms. The minimum Gasteiger partial charge on any atom is -0.379 e. The van der Waals surface area contributed by atoms with Crippen LogP contribution >= 0.6 is 0 Å². The molecule has 2 aromatic carbocycles. The van der Waals surface area contributed by atoms with E-state index in [1.165, 1.54) is 17.0 Å². The number of morpholine rings is 1. The maximum absolute atomic E-state index is 13.6. The summed E-state index contributed by atoms with van der Waals surface area (Å²) in [4.78, 5) is 29.9. The molecule has 2 aliphatic heterocycles. The molecular formula is C23H24FN3O3. The zero-order valence-electron chi connectivity index (χ0n) is 16.9. The van der Waals surface area contributed by atoms with Gasteiger partial charge in [-0.2, -0.15) is 0 Å². The third kappa shape index (κ3) is 4.27. The minimum atomic E-state index is -0.418. The van der Waals surface area contributed by atoms with Gasteiger partial charge in [0.15, 0.2) is 0 Å². The molecule has 0 aromatic heterocycles. The number of hydrogen-bond acceptors (Lipinski definition) is 5. The molecule has 7 heteroatoms. The fourth-order valence-corrected chi connectivity index (χ4v) is 3.66. The van der Waals surface area contributed by atoms with Crippen LogP contribution in [0.5, 0.6) is 0 Å². The number of hydrogen-bond donors (Lipinski definition) is 1. The molecule has 0 aliphatic carbocycles. The molecule has 4 rings (SSSR count). The number of imide groups is 1. The van der Waals surface area contributed by atoms with E-state index in [4.69, 9.17) is 4.74 Å². The van der Waals surface area contributed by atoms with E-state index in [1.54, 1.807) is 12.1 Å². The lowest BCUT2D eigenvalue weighted by Gasteiger charge is -2.28. The van der Waals surface area contributed by atoms with Gasteiger partial charge in [-0.3, -0.25) is 19.4 Å². The van der Waals surface area contributed by atoms with Crippen molar-refractivity contribution in [1.29, 1.82) is 0 Å². The Morgan fingerprint density at radius 2 is 1.73 bits per heavy atom. The number of aryl methyl sites for hydroxylation is 1. The van der Waals surface area contributed by atoms with Gasteiger partial charge >= 0.3 is 0 Å². The third-order valence-electron chi connectivity index (χ3n) is 5.35. The Bertz CT molecular complexity index is 981. The molecule has 2 amide bonds. The van der Waals surface area contributed by atoms with Gasteiger partial charge in [0.25, 0.3) is 11.8 Å². The van der Waals surface area contributed by atoms with Gasteiger partial charge in [0.1, 0.15) is 11.5 Å². The van der Waals surface area contributed by atoms with Crippen LogP contribution in [0.1, 0.15) is 11.1 Å². The number of halogens is 1. The summed E-state index contributed by atoms with van der Waals surface area (Å²) in [5, 5.41) is 2.99. The van der Waals surface area contributed by atoms with Gasteiger partial charge < -0.3 is 10.1 Å². The number of ether oxygens (including phenoxy) is 1. The van der Waals surface area contributed by atoms with E-state index in [9.17, 15) is 14.0 Å². The molecular weight excluding hydrogens is 385 g/mol. The molecule has 0 spiro atoms. The molecule has 30 heavy (non-hydrogen) atoms. The second kappa shape index (κ2) is 8.77. The van der Waals surface area contributed by atoms with Crippen molar-refractivity contribution < 1.29 is 18.7 Å². The van der Waals surface area contributed by atoms with Crippen molar-refractivity contribution in [3.8, 4) is 0 Å². The van der Waals surface area contributed by atoms with Crippen molar-refractivity contribution in [1.82, 2.24) is 9.80 Å². The Balaban J connectivity index is 1.62. The van der Waals surface area contributed by atoms with Crippen LogP contribution in [0.4, 0.5) is 10.1 Å². The first-order chi connectivity index (χ1) is 14.5. The van der Waals surface area contributed by atoms with Crippen LogP contribution in [-0.2, 0) is 14.3 Å². The second-order valence-electron chi connectivity index (χ2n) is 7.47. The summed E-state index contributed by atoms with van der Waals surface area (Å²) in [6.07, 6.45) is 0. The van der Waals surface area contributed by atoms with E-state index in [0.29, 0.717) is 43.1 Å². The number of benzene rings is 2. The van der Waals surface area contributed by atoms with Gasteiger partial charge in [0.05, 0.1) is 18.8 Å². The first-order valence-corrected chi connectivity index (χ1v) is 10.0. The predicted octanol–water partition coefficient (Wildman–Crippen LogP) is 2.66. The number of carbonyl (C=O) groups excluding carboxylic acids is 2. The summed E-state index contributed by atoms with van der Waals surface area (Å²) in [5.74, 6) is -1.15. The topological polar surface area (TPSA) is 61.9 Å². The van der Waals surface area contributed by atoms with Gasteiger partial charge in [-0.05, 0) is 30.7 Å².